The smallest absolute Gasteiger partial charge is 0.261 e. The van der Waals surface area contributed by atoms with Crippen molar-refractivity contribution in [3.05, 3.63) is 63.6 Å². The van der Waals surface area contributed by atoms with Gasteiger partial charge >= 0.3 is 0 Å². The van der Waals surface area contributed by atoms with E-state index in [1.165, 1.54) is 23.3 Å². The molecule has 0 saturated carbocycles. The van der Waals surface area contributed by atoms with Crippen LogP contribution in [0.2, 0.25) is 10.0 Å². The molecule has 0 bridgehead atoms. The Balaban J connectivity index is 0.000000434. The van der Waals surface area contributed by atoms with Gasteiger partial charge in [0.05, 0.1) is 4.90 Å². The van der Waals surface area contributed by atoms with Crippen molar-refractivity contribution < 1.29 is 8.42 Å². The summed E-state index contributed by atoms with van der Waals surface area (Å²) in [6.45, 7) is 6.02. The summed E-state index contributed by atoms with van der Waals surface area (Å²) in [6.07, 6.45) is 9.05. The summed E-state index contributed by atoms with van der Waals surface area (Å²) < 4.78 is 21.2. The van der Waals surface area contributed by atoms with Crippen LogP contribution in [-0.4, -0.2) is 26.9 Å². The van der Waals surface area contributed by atoms with Gasteiger partial charge in [0.1, 0.15) is 0 Å². The lowest BCUT2D eigenvalue weighted by Gasteiger charge is -2.25. The topological polar surface area (TPSA) is 37.4 Å². The fraction of sp³-hybridized carbons (Fsp3) is 0.300. The Labute approximate surface area is 177 Å². The Hall–Kier alpha value is -1.22. The molecule has 0 aromatic heterocycles. The van der Waals surface area contributed by atoms with E-state index in [1.807, 2.05) is 26.0 Å². The van der Waals surface area contributed by atoms with E-state index in [-0.39, 0.29) is 4.90 Å². The Morgan fingerprint density at radius 1 is 1.04 bits per heavy atom. The third-order valence-corrected chi connectivity index (χ3v) is 5.39. The molecule has 3 nitrogen and oxygen atoms in total. The molecule has 3 rings (SSSR count). The number of hydrogen-bond acceptors (Lipinski definition) is 3. The van der Waals surface area contributed by atoms with E-state index in [9.17, 15) is 8.42 Å². The standard InChI is InChI=1S/C10H11Cl2N.C6H5ClO2S.C2H6.C2H2/c1-13-3-2-7-4-8(11)5-10(12)9(7)6-13;7-10(8,9)6-4-2-1-3-5-6;2*1-2/h4-5H,2-3,6H2,1H3;1-5H;1-2H3;1-2H. The Kier molecular flexibility index (Phi) is 12.5. The molecule has 1 heterocycles. The van der Waals surface area contributed by atoms with Crippen molar-refractivity contribution in [3.63, 3.8) is 0 Å². The monoisotopic (exact) mass is 447 g/mol. The Morgan fingerprint density at radius 2 is 1.59 bits per heavy atom. The van der Waals surface area contributed by atoms with Gasteiger partial charge in [-0.25, -0.2) is 8.42 Å². The molecule has 0 fully saturated rings. The van der Waals surface area contributed by atoms with Crippen molar-refractivity contribution in [2.75, 3.05) is 13.6 Å². The number of halogens is 3. The first kappa shape index (κ1) is 25.8. The maximum atomic E-state index is 10.6. The minimum absolute atomic E-state index is 0.136. The van der Waals surface area contributed by atoms with Crippen LogP contribution >= 0.6 is 33.9 Å². The lowest BCUT2D eigenvalue weighted by Crippen LogP contribution is -2.26. The van der Waals surface area contributed by atoms with E-state index in [0.717, 1.165) is 29.6 Å². The van der Waals surface area contributed by atoms with Gasteiger partial charge in [0.2, 0.25) is 0 Å². The maximum absolute atomic E-state index is 10.6. The van der Waals surface area contributed by atoms with Gasteiger partial charge in [-0.2, -0.15) is 0 Å². The van der Waals surface area contributed by atoms with Crippen molar-refractivity contribution in [1.82, 2.24) is 4.90 Å². The third kappa shape index (κ3) is 9.01. The average molecular weight is 449 g/mol. The van der Waals surface area contributed by atoms with Gasteiger partial charge in [-0.1, -0.05) is 55.2 Å². The third-order valence-electron chi connectivity index (χ3n) is 3.47. The zero-order chi connectivity index (χ0) is 21.0. The molecular weight excluding hydrogens is 425 g/mol. The number of fused-ring (bicyclic) bond motifs is 1. The highest BCUT2D eigenvalue weighted by molar-refractivity contribution is 8.13. The van der Waals surface area contributed by atoms with Crippen molar-refractivity contribution in [2.24, 2.45) is 0 Å². The van der Waals surface area contributed by atoms with E-state index >= 15 is 0 Å². The highest BCUT2D eigenvalue weighted by Gasteiger charge is 2.16. The number of benzene rings is 2. The predicted molar refractivity (Wildman–Crippen MR) is 117 cm³/mol. The van der Waals surface area contributed by atoms with Crippen LogP contribution in [0.25, 0.3) is 0 Å². The summed E-state index contributed by atoms with van der Waals surface area (Å²) in [5.41, 5.74) is 2.54. The first-order chi connectivity index (χ1) is 12.8. The van der Waals surface area contributed by atoms with Gasteiger partial charge < -0.3 is 4.90 Å². The number of terminal acetylenes is 1. The van der Waals surface area contributed by atoms with Crippen LogP contribution in [0.1, 0.15) is 25.0 Å². The van der Waals surface area contributed by atoms with E-state index in [1.54, 1.807) is 18.2 Å². The zero-order valence-corrected chi connectivity index (χ0v) is 18.7. The van der Waals surface area contributed by atoms with Crippen LogP contribution in [0.3, 0.4) is 0 Å². The minimum atomic E-state index is -3.53. The zero-order valence-electron chi connectivity index (χ0n) is 15.6. The number of rotatable bonds is 1. The van der Waals surface area contributed by atoms with Crippen LogP contribution in [0.5, 0.6) is 0 Å². The Bertz CT molecular complexity index is 822. The molecule has 7 heteroatoms. The normalized spacial score (nSPS) is 12.7. The van der Waals surface area contributed by atoms with Crippen LogP contribution in [-0.2, 0) is 22.0 Å². The van der Waals surface area contributed by atoms with E-state index in [0.29, 0.717) is 0 Å². The van der Waals surface area contributed by atoms with Crippen LogP contribution in [0, 0.1) is 12.8 Å². The van der Waals surface area contributed by atoms with Gasteiger partial charge in [0.25, 0.3) is 9.05 Å². The number of likely N-dealkylation sites (N-methyl/N-ethyl adjacent to an activating group) is 1. The van der Waals surface area contributed by atoms with Gasteiger partial charge in [-0.05, 0) is 48.9 Å². The predicted octanol–water partition coefficient (Wildman–Crippen LogP) is 5.87. The second kappa shape index (κ2) is 13.0. The average Bonchev–Trinajstić information content (AvgIpc) is 2.66. The molecule has 0 aliphatic carbocycles. The van der Waals surface area contributed by atoms with Crippen LogP contribution in [0.15, 0.2) is 47.4 Å². The summed E-state index contributed by atoms with van der Waals surface area (Å²) >= 11 is 12.0. The second-order valence-electron chi connectivity index (χ2n) is 5.26. The van der Waals surface area contributed by atoms with Crippen LogP contribution < -0.4 is 0 Å². The molecule has 0 saturated heterocycles. The van der Waals surface area contributed by atoms with E-state index < -0.39 is 9.05 Å². The first-order valence-corrected chi connectivity index (χ1v) is 11.3. The molecule has 0 radical (unpaired) electrons. The first-order valence-electron chi connectivity index (χ1n) is 8.26. The highest BCUT2D eigenvalue weighted by Crippen LogP contribution is 2.29. The fourth-order valence-electron chi connectivity index (χ4n) is 2.30. The number of nitrogens with zero attached hydrogens (tertiary/aromatic N) is 1. The largest absolute Gasteiger partial charge is 0.302 e. The minimum Gasteiger partial charge on any atom is -0.302 e. The Morgan fingerprint density at radius 3 is 2.07 bits per heavy atom. The lowest BCUT2D eigenvalue weighted by molar-refractivity contribution is 0.313. The molecule has 1 aliphatic heterocycles. The van der Waals surface area contributed by atoms with Crippen LogP contribution in [0.4, 0.5) is 0 Å². The highest BCUT2D eigenvalue weighted by atomic mass is 35.7. The summed E-state index contributed by atoms with van der Waals surface area (Å²) in [5.74, 6) is 0. The van der Waals surface area contributed by atoms with Gasteiger partial charge in [0, 0.05) is 33.8 Å². The summed E-state index contributed by atoms with van der Waals surface area (Å²) in [7, 11) is 3.61. The lowest BCUT2D eigenvalue weighted by atomic mass is 10.0. The molecule has 2 aromatic carbocycles. The second-order valence-corrected chi connectivity index (χ2v) is 8.67. The summed E-state index contributed by atoms with van der Waals surface area (Å²) in [5, 5.41) is 1.54. The summed E-state index contributed by atoms with van der Waals surface area (Å²) in [4.78, 5) is 2.40. The van der Waals surface area contributed by atoms with E-state index in [2.05, 4.69) is 24.8 Å². The van der Waals surface area contributed by atoms with Crippen molar-refractivity contribution in [1.29, 1.82) is 0 Å². The number of hydrogen-bond donors (Lipinski definition) is 0. The van der Waals surface area contributed by atoms with Crippen molar-refractivity contribution in [2.45, 2.75) is 31.7 Å². The molecule has 1 aliphatic rings. The fourth-order valence-corrected chi connectivity index (χ4v) is 3.69. The molecule has 0 N–H and O–H groups in total. The molecule has 0 spiro atoms. The van der Waals surface area contributed by atoms with E-state index in [4.69, 9.17) is 33.9 Å². The molecule has 27 heavy (non-hydrogen) atoms. The molecule has 0 amide bonds. The maximum Gasteiger partial charge on any atom is 0.261 e. The molecule has 2 aromatic rings. The molecule has 148 valence electrons. The quantitative estimate of drug-likeness (QED) is 0.404. The molecular formula is C20H24Cl3NO2S. The van der Waals surface area contributed by atoms with Crippen molar-refractivity contribution >= 4 is 42.9 Å². The van der Waals surface area contributed by atoms with Gasteiger partial charge in [-0.3, -0.25) is 0 Å². The van der Waals surface area contributed by atoms with Gasteiger partial charge in [-0.15, -0.1) is 12.8 Å². The van der Waals surface area contributed by atoms with Crippen molar-refractivity contribution in [3.8, 4) is 12.8 Å². The summed E-state index contributed by atoms with van der Waals surface area (Å²) in [6, 6.07) is 11.7. The SMILES string of the molecule is C#C.CC.CN1CCc2cc(Cl)cc(Cl)c2C1.O=S(=O)(Cl)c1ccccc1. The molecule has 0 atom stereocenters. The van der Waals surface area contributed by atoms with Gasteiger partial charge in [0.15, 0.2) is 0 Å². The molecule has 0 unspecified atom stereocenters.